The van der Waals surface area contributed by atoms with Crippen LogP contribution in [0.2, 0.25) is 0 Å². The van der Waals surface area contributed by atoms with Crippen molar-refractivity contribution in [2.75, 3.05) is 5.32 Å². The Balaban J connectivity index is 2.36. The molecule has 0 unspecified atom stereocenters. The summed E-state index contributed by atoms with van der Waals surface area (Å²) >= 11 is 1.42. The zero-order valence-corrected chi connectivity index (χ0v) is 12.8. The number of nitrogens with one attached hydrogen (secondary N) is 1. The van der Waals surface area contributed by atoms with Crippen molar-refractivity contribution in [2.24, 2.45) is 0 Å². The summed E-state index contributed by atoms with van der Waals surface area (Å²) in [6.45, 7) is 7.88. The zero-order valence-electron chi connectivity index (χ0n) is 12.0. The van der Waals surface area contributed by atoms with Crippen molar-refractivity contribution in [3.05, 3.63) is 28.0 Å². The number of aromatic nitrogens is 1. The number of hydrogen-bond acceptors (Lipinski definition) is 4. The predicted molar refractivity (Wildman–Crippen MR) is 81.6 cm³/mol. The number of fused-ring (bicyclic) bond motifs is 1. The molecule has 2 rings (SSSR count). The fourth-order valence-electron chi connectivity index (χ4n) is 1.84. The van der Waals surface area contributed by atoms with Crippen molar-refractivity contribution in [1.82, 2.24) is 4.57 Å². The van der Waals surface area contributed by atoms with Crippen LogP contribution in [0.4, 0.5) is 10.5 Å². The van der Waals surface area contributed by atoms with E-state index in [1.54, 1.807) is 36.9 Å². The number of nitrogens with zero attached hydrogens (tertiary/aromatic N) is 1. The van der Waals surface area contributed by atoms with Gasteiger partial charge in [-0.05, 0) is 33.8 Å². The molecule has 0 bridgehead atoms. The van der Waals surface area contributed by atoms with E-state index in [-0.39, 0.29) is 5.56 Å². The van der Waals surface area contributed by atoms with Crippen LogP contribution in [0, 0.1) is 0 Å². The number of carbonyl (C=O) groups is 1. The Kier molecular flexibility index (Phi) is 3.85. The van der Waals surface area contributed by atoms with Crippen molar-refractivity contribution in [2.45, 2.75) is 39.8 Å². The largest absolute Gasteiger partial charge is 0.444 e. The Morgan fingerprint density at radius 2 is 2.15 bits per heavy atom. The maximum Gasteiger partial charge on any atom is 0.412 e. The first-order valence-corrected chi connectivity index (χ1v) is 7.30. The van der Waals surface area contributed by atoms with E-state index in [4.69, 9.17) is 4.74 Å². The number of carbonyl (C=O) groups excluding carboxylic acids is 1. The molecule has 2 heterocycles. The van der Waals surface area contributed by atoms with E-state index < -0.39 is 11.7 Å². The molecule has 0 atom stereocenters. The number of thiophene rings is 1. The monoisotopic (exact) mass is 294 g/mol. The summed E-state index contributed by atoms with van der Waals surface area (Å²) in [5.41, 5.74) is -0.163. The van der Waals surface area contributed by atoms with Crippen LogP contribution in [0.25, 0.3) is 10.1 Å². The van der Waals surface area contributed by atoms with Crippen molar-refractivity contribution in [3.8, 4) is 0 Å². The van der Waals surface area contributed by atoms with Gasteiger partial charge in [0.05, 0.1) is 11.1 Å². The van der Waals surface area contributed by atoms with E-state index in [0.29, 0.717) is 17.6 Å². The van der Waals surface area contributed by atoms with Gasteiger partial charge in [0.1, 0.15) is 5.60 Å². The van der Waals surface area contributed by atoms with Gasteiger partial charge in [-0.25, -0.2) is 4.79 Å². The van der Waals surface area contributed by atoms with E-state index in [2.05, 4.69) is 5.32 Å². The second-order valence-electron chi connectivity index (χ2n) is 5.42. The standard InChI is InChI=1S/C14H18N2O3S/c1-5-16-7-6-10-11(12(16)17)9(8-20-10)15-13(18)19-14(2,3)4/h6-8H,5H2,1-4H3,(H,15,18). The van der Waals surface area contributed by atoms with Crippen molar-refractivity contribution in [1.29, 1.82) is 0 Å². The average Bonchev–Trinajstić information content (AvgIpc) is 2.71. The van der Waals surface area contributed by atoms with E-state index in [0.717, 1.165) is 4.70 Å². The Morgan fingerprint density at radius 1 is 1.45 bits per heavy atom. The molecule has 0 saturated carbocycles. The molecule has 20 heavy (non-hydrogen) atoms. The molecule has 0 spiro atoms. The highest BCUT2D eigenvalue weighted by Gasteiger charge is 2.18. The SMILES string of the molecule is CCn1ccc2scc(NC(=O)OC(C)(C)C)c2c1=O. The molecule has 0 aliphatic heterocycles. The summed E-state index contributed by atoms with van der Waals surface area (Å²) in [6, 6.07) is 1.88. The summed E-state index contributed by atoms with van der Waals surface area (Å²) in [7, 11) is 0. The predicted octanol–water partition coefficient (Wildman–Crippen LogP) is 3.43. The maximum absolute atomic E-state index is 12.3. The number of ether oxygens (including phenoxy) is 1. The van der Waals surface area contributed by atoms with E-state index in [1.807, 2.05) is 13.0 Å². The summed E-state index contributed by atoms with van der Waals surface area (Å²) in [5, 5.41) is 4.94. The van der Waals surface area contributed by atoms with Gasteiger partial charge >= 0.3 is 6.09 Å². The molecule has 5 nitrogen and oxygen atoms in total. The van der Waals surface area contributed by atoms with Crippen molar-refractivity contribution >= 4 is 33.2 Å². The van der Waals surface area contributed by atoms with Crippen LogP contribution in [0.3, 0.4) is 0 Å². The van der Waals surface area contributed by atoms with Gasteiger partial charge in [0.15, 0.2) is 0 Å². The minimum atomic E-state index is -0.570. The summed E-state index contributed by atoms with van der Waals surface area (Å²) < 4.78 is 7.66. The highest BCUT2D eigenvalue weighted by molar-refractivity contribution is 7.17. The molecule has 0 radical (unpaired) electrons. The van der Waals surface area contributed by atoms with Crippen molar-refractivity contribution < 1.29 is 9.53 Å². The Morgan fingerprint density at radius 3 is 2.75 bits per heavy atom. The fourth-order valence-corrected chi connectivity index (χ4v) is 2.72. The van der Waals surface area contributed by atoms with Gasteiger partial charge in [-0.3, -0.25) is 10.1 Å². The molecular formula is C14H18N2O3S. The summed E-state index contributed by atoms with van der Waals surface area (Å²) in [4.78, 5) is 24.1. The quantitative estimate of drug-likeness (QED) is 0.923. The van der Waals surface area contributed by atoms with E-state index >= 15 is 0 Å². The molecule has 2 aromatic rings. The van der Waals surface area contributed by atoms with Crippen LogP contribution in [0.5, 0.6) is 0 Å². The molecule has 0 aliphatic rings. The van der Waals surface area contributed by atoms with E-state index in [1.165, 1.54) is 11.3 Å². The number of pyridine rings is 1. The molecular weight excluding hydrogens is 276 g/mol. The number of amides is 1. The molecule has 1 N–H and O–H groups in total. The van der Waals surface area contributed by atoms with Gasteiger partial charge in [-0.2, -0.15) is 0 Å². The third kappa shape index (κ3) is 3.01. The minimum Gasteiger partial charge on any atom is -0.444 e. The smallest absolute Gasteiger partial charge is 0.412 e. The van der Waals surface area contributed by atoms with Crippen LogP contribution in [-0.4, -0.2) is 16.3 Å². The van der Waals surface area contributed by atoms with Crippen LogP contribution < -0.4 is 10.9 Å². The Labute approximate surface area is 121 Å². The number of hydrogen-bond donors (Lipinski definition) is 1. The molecule has 0 saturated heterocycles. The first-order chi connectivity index (χ1) is 9.31. The summed E-state index contributed by atoms with van der Waals surface area (Å²) in [5.74, 6) is 0. The fraction of sp³-hybridized carbons (Fsp3) is 0.429. The molecule has 6 heteroatoms. The van der Waals surface area contributed by atoms with Crippen LogP contribution >= 0.6 is 11.3 Å². The molecule has 2 aromatic heterocycles. The van der Waals surface area contributed by atoms with E-state index in [9.17, 15) is 9.59 Å². The Bertz CT molecular complexity index is 694. The molecule has 0 fully saturated rings. The van der Waals surface area contributed by atoms with Crippen LogP contribution in [0.1, 0.15) is 27.7 Å². The first kappa shape index (κ1) is 14.6. The zero-order chi connectivity index (χ0) is 14.9. The lowest BCUT2D eigenvalue weighted by molar-refractivity contribution is 0.0636. The second kappa shape index (κ2) is 5.28. The molecule has 0 aliphatic carbocycles. The maximum atomic E-state index is 12.3. The highest BCUT2D eigenvalue weighted by Crippen LogP contribution is 2.27. The molecule has 0 aromatic carbocycles. The second-order valence-corrected chi connectivity index (χ2v) is 6.33. The lowest BCUT2D eigenvalue weighted by Gasteiger charge is -2.19. The van der Waals surface area contributed by atoms with Gasteiger partial charge < -0.3 is 9.30 Å². The normalized spacial score (nSPS) is 11.6. The molecule has 1 amide bonds. The van der Waals surface area contributed by atoms with Gasteiger partial charge in [0, 0.05) is 22.8 Å². The average molecular weight is 294 g/mol. The van der Waals surface area contributed by atoms with Gasteiger partial charge in [-0.1, -0.05) is 0 Å². The third-order valence-corrected chi connectivity index (χ3v) is 3.62. The van der Waals surface area contributed by atoms with Gasteiger partial charge in [-0.15, -0.1) is 11.3 Å². The van der Waals surface area contributed by atoms with Gasteiger partial charge in [0.2, 0.25) is 0 Å². The minimum absolute atomic E-state index is 0.0997. The third-order valence-electron chi connectivity index (χ3n) is 2.68. The number of aryl methyl sites for hydroxylation is 1. The first-order valence-electron chi connectivity index (χ1n) is 6.42. The molecule has 108 valence electrons. The van der Waals surface area contributed by atoms with Gasteiger partial charge in [0.25, 0.3) is 5.56 Å². The summed E-state index contributed by atoms with van der Waals surface area (Å²) in [6.07, 6.45) is 1.21. The topological polar surface area (TPSA) is 60.3 Å². The lowest BCUT2D eigenvalue weighted by atomic mass is 10.2. The van der Waals surface area contributed by atoms with Crippen LogP contribution in [-0.2, 0) is 11.3 Å². The van der Waals surface area contributed by atoms with Crippen molar-refractivity contribution in [3.63, 3.8) is 0 Å². The number of rotatable bonds is 2. The highest BCUT2D eigenvalue weighted by atomic mass is 32.1. The number of anilines is 1. The van der Waals surface area contributed by atoms with Crippen LogP contribution in [0.15, 0.2) is 22.4 Å². The lowest BCUT2D eigenvalue weighted by Crippen LogP contribution is -2.27. The Hall–Kier alpha value is -1.82.